The number of hydrogen-bond donors (Lipinski definition) is 0. The molecule has 1 aliphatic rings. The van der Waals surface area contributed by atoms with Gasteiger partial charge >= 0.3 is 0 Å². The van der Waals surface area contributed by atoms with Crippen molar-refractivity contribution in [3.63, 3.8) is 0 Å². The summed E-state index contributed by atoms with van der Waals surface area (Å²) in [6.07, 6.45) is 0.873. The average Bonchev–Trinajstić information content (AvgIpc) is 3.31. The minimum atomic E-state index is -3.72. The van der Waals surface area contributed by atoms with Crippen molar-refractivity contribution in [2.45, 2.75) is 17.7 Å². The van der Waals surface area contributed by atoms with Crippen LogP contribution < -0.4 is 14.4 Å². The molecular weight excluding hydrogens is 452 g/mol. The molecule has 2 heterocycles. The minimum Gasteiger partial charge on any atom is -0.497 e. The van der Waals surface area contributed by atoms with E-state index in [1.807, 2.05) is 0 Å². The molecule has 0 radical (unpaired) electrons. The molecule has 3 aromatic rings. The summed E-state index contributed by atoms with van der Waals surface area (Å²) < 4.78 is 46.8. The molecule has 0 aliphatic carbocycles. The summed E-state index contributed by atoms with van der Waals surface area (Å²) in [5, 5.41) is 0. The zero-order valence-electron chi connectivity index (χ0n) is 18.0. The number of hydrogen-bond acceptors (Lipinski definition) is 8. The highest BCUT2D eigenvalue weighted by atomic mass is 32.2. The number of amides is 1. The van der Waals surface area contributed by atoms with Crippen molar-refractivity contribution in [3.05, 3.63) is 36.4 Å². The van der Waals surface area contributed by atoms with Crippen molar-refractivity contribution in [2.75, 3.05) is 39.3 Å². The summed E-state index contributed by atoms with van der Waals surface area (Å²) >= 11 is 0.989. The van der Waals surface area contributed by atoms with Crippen molar-refractivity contribution in [3.8, 4) is 11.5 Å². The maximum Gasteiger partial charge on any atom is 0.245 e. The number of sulfonamides is 1. The van der Waals surface area contributed by atoms with Gasteiger partial charge in [-0.1, -0.05) is 6.07 Å². The number of carbonyl (C=O) groups is 1. The Labute approximate surface area is 190 Å². The zero-order chi connectivity index (χ0) is 22.9. The van der Waals surface area contributed by atoms with Crippen LogP contribution in [0.1, 0.15) is 12.8 Å². The van der Waals surface area contributed by atoms with Gasteiger partial charge < -0.3 is 14.4 Å². The molecule has 1 saturated heterocycles. The minimum absolute atomic E-state index is 0.0729. The number of benzene rings is 2. The second kappa shape index (κ2) is 9.00. The van der Waals surface area contributed by atoms with Gasteiger partial charge in [0.1, 0.15) is 27.4 Å². The van der Waals surface area contributed by atoms with E-state index in [-0.39, 0.29) is 29.8 Å². The van der Waals surface area contributed by atoms with E-state index in [0.717, 1.165) is 11.7 Å². The van der Waals surface area contributed by atoms with E-state index in [1.54, 1.807) is 62.6 Å². The van der Waals surface area contributed by atoms with Gasteiger partial charge in [0.05, 0.1) is 31.6 Å². The van der Waals surface area contributed by atoms with Gasteiger partial charge in [-0.25, -0.2) is 8.42 Å². The third kappa shape index (κ3) is 4.03. The van der Waals surface area contributed by atoms with Crippen molar-refractivity contribution >= 4 is 44.4 Å². The zero-order valence-corrected chi connectivity index (χ0v) is 19.6. The monoisotopic (exact) mass is 476 g/mol. The first kappa shape index (κ1) is 22.4. The Morgan fingerprint density at radius 3 is 2.56 bits per heavy atom. The molecule has 0 saturated carbocycles. The average molecular weight is 477 g/mol. The van der Waals surface area contributed by atoms with E-state index in [2.05, 4.69) is 8.75 Å². The lowest BCUT2D eigenvalue weighted by Crippen LogP contribution is -2.43. The van der Waals surface area contributed by atoms with Crippen LogP contribution in [0.5, 0.6) is 11.5 Å². The summed E-state index contributed by atoms with van der Waals surface area (Å²) in [5.41, 5.74) is 1.59. The van der Waals surface area contributed by atoms with E-state index in [9.17, 15) is 13.2 Å². The Morgan fingerprint density at radius 1 is 1.12 bits per heavy atom. The van der Waals surface area contributed by atoms with Gasteiger partial charge in [0, 0.05) is 32.1 Å². The van der Waals surface area contributed by atoms with Crippen molar-refractivity contribution in [1.29, 1.82) is 0 Å². The van der Waals surface area contributed by atoms with E-state index in [1.165, 1.54) is 4.31 Å². The molecule has 11 heteroatoms. The molecule has 170 valence electrons. The van der Waals surface area contributed by atoms with Crippen LogP contribution in [0.4, 0.5) is 5.69 Å². The van der Waals surface area contributed by atoms with Crippen LogP contribution >= 0.6 is 11.7 Å². The second-order valence-electron chi connectivity index (χ2n) is 7.50. The Bertz CT molecular complexity index is 1240. The van der Waals surface area contributed by atoms with E-state index < -0.39 is 10.0 Å². The molecule has 9 nitrogen and oxygen atoms in total. The van der Waals surface area contributed by atoms with Gasteiger partial charge in [-0.15, -0.1) is 0 Å². The number of carbonyl (C=O) groups excluding carboxylic acids is 1. The van der Waals surface area contributed by atoms with E-state index >= 15 is 0 Å². The van der Waals surface area contributed by atoms with Crippen molar-refractivity contribution in [2.24, 2.45) is 5.92 Å². The van der Waals surface area contributed by atoms with Crippen LogP contribution in [-0.2, 0) is 14.8 Å². The van der Waals surface area contributed by atoms with Gasteiger partial charge in [-0.3, -0.25) is 4.79 Å². The highest BCUT2D eigenvalue weighted by Gasteiger charge is 2.35. The quantitative estimate of drug-likeness (QED) is 0.539. The number of rotatable bonds is 6. The molecule has 2 aromatic carbocycles. The second-order valence-corrected chi connectivity index (χ2v) is 9.94. The Kier molecular flexibility index (Phi) is 6.31. The largest absolute Gasteiger partial charge is 0.497 e. The van der Waals surface area contributed by atoms with Gasteiger partial charge in [0.25, 0.3) is 0 Å². The fourth-order valence-corrected chi connectivity index (χ4v) is 6.15. The number of fused-ring (bicyclic) bond motifs is 1. The van der Waals surface area contributed by atoms with Crippen LogP contribution in [0.15, 0.2) is 41.3 Å². The van der Waals surface area contributed by atoms with Gasteiger partial charge in [0.2, 0.25) is 15.9 Å². The smallest absolute Gasteiger partial charge is 0.245 e. The Morgan fingerprint density at radius 2 is 1.88 bits per heavy atom. The molecule has 0 atom stereocenters. The first-order valence-corrected chi connectivity index (χ1v) is 12.2. The molecule has 1 amide bonds. The maximum absolute atomic E-state index is 13.2. The summed E-state index contributed by atoms with van der Waals surface area (Å²) in [6.45, 7) is 0.528. The molecule has 1 aliphatic heterocycles. The standard InChI is InChI=1S/C21H24N4O5S2/c1-24(17-8-7-15(29-2)13-18(17)30-3)21(26)14-9-11-25(12-10-14)32(27,28)19-6-4-5-16-20(19)23-31-22-16/h4-8,13-14H,9-12H2,1-3H3. The predicted octanol–water partition coefficient (Wildman–Crippen LogP) is 2.77. The van der Waals surface area contributed by atoms with Crippen LogP contribution in [0.2, 0.25) is 0 Å². The van der Waals surface area contributed by atoms with Gasteiger partial charge in [0.15, 0.2) is 0 Å². The Balaban J connectivity index is 1.48. The number of methoxy groups -OCH3 is 2. The van der Waals surface area contributed by atoms with Crippen LogP contribution in [0.3, 0.4) is 0 Å². The SMILES string of the molecule is COc1ccc(N(C)C(=O)C2CCN(S(=O)(=O)c3cccc4nsnc34)CC2)c(OC)c1. The van der Waals surface area contributed by atoms with Crippen molar-refractivity contribution in [1.82, 2.24) is 13.1 Å². The van der Waals surface area contributed by atoms with Crippen molar-refractivity contribution < 1.29 is 22.7 Å². The highest BCUT2D eigenvalue weighted by Crippen LogP contribution is 2.34. The van der Waals surface area contributed by atoms with E-state index in [4.69, 9.17) is 9.47 Å². The molecule has 0 spiro atoms. The maximum atomic E-state index is 13.2. The molecule has 0 N–H and O–H groups in total. The molecule has 0 unspecified atom stereocenters. The Hall–Kier alpha value is -2.76. The number of piperidine rings is 1. The number of nitrogens with zero attached hydrogens (tertiary/aromatic N) is 4. The molecule has 4 rings (SSSR count). The normalized spacial score (nSPS) is 15.6. The van der Waals surface area contributed by atoms with Crippen LogP contribution in [0.25, 0.3) is 11.0 Å². The summed E-state index contributed by atoms with van der Waals surface area (Å²) in [5.74, 6) is 0.812. The lowest BCUT2D eigenvalue weighted by molar-refractivity contribution is -0.123. The molecule has 1 fully saturated rings. The van der Waals surface area contributed by atoms with Crippen LogP contribution in [-0.4, -0.2) is 61.7 Å². The summed E-state index contributed by atoms with van der Waals surface area (Å²) in [6, 6.07) is 10.2. The lowest BCUT2D eigenvalue weighted by Gasteiger charge is -2.32. The fourth-order valence-electron chi connectivity index (χ4n) is 3.93. The first-order chi connectivity index (χ1) is 15.4. The third-order valence-electron chi connectivity index (χ3n) is 5.75. The van der Waals surface area contributed by atoms with Gasteiger partial charge in [-0.05, 0) is 37.1 Å². The number of ether oxygens (including phenoxy) is 2. The molecule has 1 aromatic heterocycles. The molecular formula is C21H24N4O5S2. The van der Waals surface area contributed by atoms with E-state index in [0.29, 0.717) is 41.1 Å². The molecule has 32 heavy (non-hydrogen) atoms. The summed E-state index contributed by atoms with van der Waals surface area (Å²) in [7, 11) is 1.09. The first-order valence-electron chi connectivity index (χ1n) is 10.1. The molecule has 0 bridgehead atoms. The summed E-state index contributed by atoms with van der Waals surface area (Å²) in [4.78, 5) is 14.9. The highest BCUT2D eigenvalue weighted by molar-refractivity contribution is 7.89. The van der Waals surface area contributed by atoms with Gasteiger partial charge in [-0.2, -0.15) is 13.1 Å². The fraction of sp³-hybridized carbons (Fsp3) is 0.381. The topological polar surface area (TPSA) is 102 Å². The predicted molar refractivity (Wildman–Crippen MR) is 122 cm³/mol. The number of anilines is 1. The number of aromatic nitrogens is 2. The van der Waals surface area contributed by atoms with Crippen LogP contribution in [0, 0.1) is 5.92 Å². The third-order valence-corrected chi connectivity index (χ3v) is 8.22. The lowest BCUT2D eigenvalue weighted by atomic mass is 9.96.